The van der Waals surface area contributed by atoms with Gasteiger partial charge in [0.2, 0.25) is 0 Å². The van der Waals surface area contributed by atoms with Gasteiger partial charge in [-0.1, -0.05) is 188 Å². The van der Waals surface area contributed by atoms with Gasteiger partial charge in [0, 0.05) is 33.4 Å². The van der Waals surface area contributed by atoms with Crippen molar-refractivity contribution in [3.05, 3.63) is 246 Å². The van der Waals surface area contributed by atoms with Gasteiger partial charge in [0.25, 0.3) is 0 Å². The SMILES string of the molecule is C1=CC2=C(CC1)C1(c3ccccc3Oc3c(-c4cccc(-c5nc(-c6cccc(-c7ccccc7)c6)cc(-c6cccc(-c7ccccc7)c6)n5)c4)cccc31)c1ccccc12. The van der Waals surface area contributed by atoms with Crippen LogP contribution >= 0.6 is 0 Å². The minimum absolute atomic E-state index is 0.455. The van der Waals surface area contributed by atoms with Gasteiger partial charge in [-0.3, -0.25) is 0 Å². The zero-order valence-electron chi connectivity index (χ0n) is 34.0. The molecular weight excluding hydrogens is 753 g/mol. The van der Waals surface area contributed by atoms with Crippen LogP contribution in [0.3, 0.4) is 0 Å². The maximum Gasteiger partial charge on any atom is 0.160 e. The summed E-state index contributed by atoms with van der Waals surface area (Å²) in [6, 6.07) is 73.4. The second-order valence-corrected chi connectivity index (χ2v) is 16.3. The number of ether oxygens (including phenoxy) is 1. The highest BCUT2D eigenvalue weighted by atomic mass is 16.5. The summed E-state index contributed by atoms with van der Waals surface area (Å²) in [6.07, 6.45) is 6.68. The van der Waals surface area contributed by atoms with Crippen molar-refractivity contribution >= 4 is 5.57 Å². The van der Waals surface area contributed by atoms with Crippen molar-refractivity contribution in [1.82, 2.24) is 9.97 Å². The van der Waals surface area contributed by atoms with E-state index in [4.69, 9.17) is 14.7 Å². The fraction of sp³-hybridized carbons (Fsp3) is 0.0508. The minimum Gasteiger partial charge on any atom is -0.456 e. The Kier molecular flexibility index (Phi) is 8.53. The number of fused-ring (bicyclic) bond motifs is 8. The lowest BCUT2D eigenvalue weighted by Crippen LogP contribution is -2.33. The summed E-state index contributed by atoms with van der Waals surface area (Å²) in [5.41, 5.74) is 18.8. The molecule has 12 rings (SSSR count). The topological polar surface area (TPSA) is 35.0 Å². The van der Waals surface area contributed by atoms with Gasteiger partial charge >= 0.3 is 0 Å². The van der Waals surface area contributed by atoms with E-state index in [0.29, 0.717) is 5.82 Å². The lowest BCUT2D eigenvalue weighted by Gasteiger charge is -2.41. The molecular formula is C59H40N2O. The molecule has 0 saturated heterocycles. The molecule has 1 aromatic heterocycles. The van der Waals surface area contributed by atoms with Gasteiger partial charge in [-0.15, -0.1) is 0 Å². The molecule has 0 radical (unpaired) electrons. The van der Waals surface area contributed by atoms with Crippen LogP contribution in [-0.4, -0.2) is 9.97 Å². The summed E-state index contributed by atoms with van der Waals surface area (Å²) in [4.78, 5) is 10.7. The Labute approximate surface area is 362 Å². The number of benzene rings is 8. The van der Waals surface area contributed by atoms with Crippen molar-refractivity contribution in [2.45, 2.75) is 18.3 Å². The van der Waals surface area contributed by atoms with E-state index in [9.17, 15) is 0 Å². The third-order valence-corrected chi connectivity index (χ3v) is 12.9. The van der Waals surface area contributed by atoms with Crippen LogP contribution in [0.5, 0.6) is 11.5 Å². The predicted octanol–water partition coefficient (Wildman–Crippen LogP) is 15.0. The van der Waals surface area contributed by atoms with E-state index in [0.717, 1.165) is 74.7 Å². The molecule has 0 amide bonds. The van der Waals surface area contributed by atoms with Gasteiger partial charge in [0.05, 0.1) is 16.8 Å². The third kappa shape index (κ3) is 5.81. The lowest BCUT2D eigenvalue weighted by atomic mass is 9.63. The van der Waals surface area contributed by atoms with Crippen molar-refractivity contribution < 1.29 is 4.74 Å². The van der Waals surface area contributed by atoms with Crippen LogP contribution in [0.15, 0.2) is 224 Å². The Morgan fingerprint density at radius 2 is 0.919 bits per heavy atom. The van der Waals surface area contributed by atoms with E-state index in [1.165, 1.54) is 44.5 Å². The molecule has 1 unspecified atom stereocenters. The van der Waals surface area contributed by atoms with Crippen LogP contribution in [-0.2, 0) is 5.41 Å². The normalized spacial score (nSPS) is 15.7. The van der Waals surface area contributed by atoms with E-state index in [1.54, 1.807) is 0 Å². The Morgan fingerprint density at radius 1 is 0.403 bits per heavy atom. The van der Waals surface area contributed by atoms with Crippen molar-refractivity contribution in [1.29, 1.82) is 0 Å². The zero-order valence-corrected chi connectivity index (χ0v) is 34.0. The molecule has 2 aliphatic carbocycles. The number of hydrogen-bond acceptors (Lipinski definition) is 3. The fourth-order valence-electron chi connectivity index (χ4n) is 10.1. The van der Waals surface area contributed by atoms with Gasteiger partial charge < -0.3 is 4.74 Å². The number of allylic oxidation sites excluding steroid dienone is 4. The van der Waals surface area contributed by atoms with E-state index >= 15 is 0 Å². The first-order valence-electron chi connectivity index (χ1n) is 21.4. The van der Waals surface area contributed by atoms with E-state index in [-0.39, 0.29) is 0 Å². The summed E-state index contributed by atoms with van der Waals surface area (Å²) < 4.78 is 7.07. The molecule has 0 saturated carbocycles. The average molecular weight is 793 g/mol. The maximum absolute atomic E-state index is 7.07. The first kappa shape index (κ1) is 36.0. The van der Waals surface area contributed by atoms with E-state index < -0.39 is 5.41 Å². The molecule has 0 N–H and O–H groups in total. The monoisotopic (exact) mass is 792 g/mol. The largest absolute Gasteiger partial charge is 0.456 e. The Morgan fingerprint density at radius 3 is 1.63 bits per heavy atom. The number of rotatable bonds is 6. The van der Waals surface area contributed by atoms with Crippen molar-refractivity contribution in [2.24, 2.45) is 0 Å². The first-order valence-corrected chi connectivity index (χ1v) is 21.4. The van der Waals surface area contributed by atoms with Crippen LogP contribution in [0.25, 0.3) is 72.9 Å². The van der Waals surface area contributed by atoms with Crippen molar-refractivity contribution in [3.8, 4) is 78.8 Å². The summed E-state index contributed by atoms with van der Waals surface area (Å²) in [5, 5.41) is 0. The van der Waals surface area contributed by atoms with E-state index in [1.807, 2.05) is 0 Å². The van der Waals surface area contributed by atoms with Crippen molar-refractivity contribution in [2.75, 3.05) is 0 Å². The van der Waals surface area contributed by atoms with Gasteiger partial charge in [-0.2, -0.15) is 0 Å². The zero-order chi connectivity index (χ0) is 41.0. The number of nitrogens with zero attached hydrogens (tertiary/aromatic N) is 2. The molecule has 0 bridgehead atoms. The van der Waals surface area contributed by atoms with Crippen LogP contribution in [0.1, 0.15) is 35.1 Å². The van der Waals surface area contributed by atoms with Crippen LogP contribution in [0, 0.1) is 0 Å². The molecule has 2 heterocycles. The minimum atomic E-state index is -0.455. The molecule has 3 aliphatic rings. The summed E-state index contributed by atoms with van der Waals surface area (Å²) in [7, 11) is 0. The highest BCUT2D eigenvalue weighted by Gasteiger charge is 2.52. The second-order valence-electron chi connectivity index (χ2n) is 16.3. The smallest absolute Gasteiger partial charge is 0.160 e. The number of para-hydroxylation sites is 2. The molecule has 3 nitrogen and oxygen atoms in total. The Hall–Kier alpha value is -7.88. The molecule has 1 atom stereocenters. The molecule has 0 fully saturated rings. The molecule has 1 spiro atoms. The number of hydrogen-bond donors (Lipinski definition) is 0. The summed E-state index contributed by atoms with van der Waals surface area (Å²) in [6.45, 7) is 0. The molecule has 1 aliphatic heterocycles. The molecule has 8 aromatic carbocycles. The predicted molar refractivity (Wildman–Crippen MR) is 253 cm³/mol. The molecule has 3 heteroatoms. The molecule has 9 aromatic rings. The van der Waals surface area contributed by atoms with Gasteiger partial charge in [0.1, 0.15) is 11.5 Å². The Bertz CT molecular complexity index is 3170. The second kappa shape index (κ2) is 14.7. The molecule has 62 heavy (non-hydrogen) atoms. The van der Waals surface area contributed by atoms with Gasteiger partial charge in [0.15, 0.2) is 5.82 Å². The number of aromatic nitrogens is 2. The summed E-state index contributed by atoms with van der Waals surface area (Å²) in [5.74, 6) is 2.46. The lowest BCUT2D eigenvalue weighted by molar-refractivity contribution is 0.433. The Balaban J connectivity index is 1.02. The maximum atomic E-state index is 7.07. The first-order chi connectivity index (χ1) is 30.7. The fourth-order valence-corrected chi connectivity index (χ4v) is 10.1. The quantitative estimate of drug-likeness (QED) is 0.168. The molecule has 292 valence electrons. The van der Waals surface area contributed by atoms with Crippen LogP contribution < -0.4 is 4.74 Å². The highest BCUT2D eigenvalue weighted by Crippen LogP contribution is 2.63. The van der Waals surface area contributed by atoms with Gasteiger partial charge in [-0.05, 0) is 93.3 Å². The van der Waals surface area contributed by atoms with Crippen molar-refractivity contribution in [3.63, 3.8) is 0 Å². The van der Waals surface area contributed by atoms with Crippen LogP contribution in [0.2, 0.25) is 0 Å². The van der Waals surface area contributed by atoms with Crippen LogP contribution in [0.4, 0.5) is 0 Å². The van der Waals surface area contributed by atoms with Gasteiger partial charge in [-0.25, -0.2) is 9.97 Å². The van der Waals surface area contributed by atoms with E-state index in [2.05, 4.69) is 218 Å². The standard InChI is InChI=1S/C59H40N2O/c1-3-17-39(18-4-1)41-21-13-24-44(35-41)54-38-55(45-25-14-22-42(36-45)40-19-5-2-6-20-40)61-58(60-54)46-26-15-23-43(37-46)47-29-16-33-53-57(47)62-56-34-12-11-32-52(56)59(53)50-30-9-7-27-48(50)49-28-8-10-31-51(49)59/h1-9,11-30,32-38H,10,31H2. The third-order valence-electron chi connectivity index (χ3n) is 12.9. The average Bonchev–Trinajstić information content (AvgIpc) is 3.65. The summed E-state index contributed by atoms with van der Waals surface area (Å²) >= 11 is 0. The highest BCUT2D eigenvalue weighted by molar-refractivity contribution is 5.93.